The maximum Gasteiger partial charge on any atom is 0.262 e. The number of rotatable bonds is 9. The van der Waals surface area contributed by atoms with Crippen LogP contribution in [-0.2, 0) is 21.4 Å². The van der Waals surface area contributed by atoms with Gasteiger partial charge >= 0.3 is 0 Å². The second-order valence-electron chi connectivity index (χ2n) is 7.13. The molecule has 3 N–H and O–H groups in total. The minimum atomic E-state index is -3.57. The highest BCUT2D eigenvalue weighted by Crippen LogP contribution is 2.26. The van der Waals surface area contributed by atoms with Gasteiger partial charge in [0.05, 0.1) is 18.5 Å². The summed E-state index contributed by atoms with van der Waals surface area (Å²) in [4.78, 5) is 23.2. The van der Waals surface area contributed by atoms with Gasteiger partial charge in [0.15, 0.2) is 6.61 Å². The number of carbonyl (C=O) groups excluding carboxylic acids is 2. The average molecular weight is 488 g/mol. The fourth-order valence-corrected chi connectivity index (χ4v) is 4.03. The van der Waals surface area contributed by atoms with Crippen molar-refractivity contribution in [3.05, 3.63) is 88.9 Å². The Hall–Kier alpha value is -3.56. The number of halogens is 1. The van der Waals surface area contributed by atoms with Crippen LogP contribution < -0.4 is 20.1 Å². The molecule has 8 nitrogen and oxygen atoms in total. The molecule has 2 amide bonds. The van der Waals surface area contributed by atoms with E-state index in [9.17, 15) is 18.0 Å². The van der Waals surface area contributed by atoms with E-state index in [-0.39, 0.29) is 13.2 Å². The molecule has 0 saturated carbocycles. The largest absolute Gasteiger partial charge is 0.484 e. The van der Waals surface area contributed by atoms with Crippen LogP contribution in [0.15, 0.2) is 72.8 Å². The van der Waals surface area contributed by atoms with Gasteiger partial charge in [0.1, 0.15) is 5.75 Å². The summed E-state index contributed by atoms with van der Waals surface area (Å²) in [5, 5.41) is 3.12. The van der Waals surface area contributed by atoms with Crippen LogP contribution in [0, 0.1) is 0 Å². The summed E-state index contributed by atoms with van der Waals surface area (Å²) in [6, 6.07) is 19.5. The molecule has 3 aromatic rings. The summed E-state index contributed by atoms with van der Waals surface area (Å²) in [6.45, 7) is -0.179. The first-order valence-electron chi connectivity index (χ1n) is 9.77. The Kier molecular flexibility index (Phi) is 7.57. The van der Waals surface area contributed by atoms with Crippen LogP contribution >= 0.6 is 11.6 Å². The van der Waals surface area contributed by atoms with E-state index in [1.54, 1.807) is 60.7 Å². The fraction of sp³-hybridized carbons (Fsp3) is 0.130. The van der Waals surface area contributed by atoms with Crippen molar-refractivity contribution in [1.82, 2.24) is 0 Å². The Morgan fingerprint density at radius 3 is 2.21 bits per heavy atom. The van der Waals surface area contributed by atoms with Crippen molar-refractivity contribution in [2.45, 2.75) is 6.54 Å². The molecule has 3 rings (SSSR count). The minimum Gasteiger partial charge on any atom is -0.484 e. The number of carbonyl (C=O) groups is 2. The molecule has 0 heterocycles. The number of hydrogen-bond donors (Lipinski definition) is 2. The van der Waals surface area contributed by atoms with E-state index in [2.05, 4.69) is 5.32 Å². The first-order chi connectivity index (χ1) is 15.6. The van der Waals surface area contributed by atoms with Crippen molar-refractivity contribution in [2.24, 2.45) is 5.73 Å². The number of nitrogens with zero attached hydrogens (tertiary/aromatic N) is 1. The third-order valence-electron chi connectivity index (χ3n) is 4.62. The topological polar surface area (TPSA) is 119 Å². The van der Waals surface area contributed by atoms with Gasteiger partial charge in [0, 0.05) is 16.3 Å². The summed E-state index contributed by atoms with van der Waals surface area (Å²) in [6.07, 6.45) is 1.12. The molecule has 0 unspecified atom stereocenters. The summed E-state index contributed by atoms with van der Waals surface area (Å²) >= 11 is 6.18. The number of nitrogens with one attached hydrogen (secondary N) is 1. The molecule has 10 heteroatoms. The highest BCUT2D eigenvalue weighted by atomic mass is 35.5. The molecule has 0 aliphatic heterocycles. The smallest absolute Gasteiger partial charge is 0.262 e. The third-order valence-corrected chi connectivity index (χ3v) is 6.13. The number of amides is 2. The molecule has 0 radical (unpaired) electrons. The Labute approximate surface area is 197 Å². The second-order valence-corrected chi connectivity index (χ2v) is 9.45. The lowest BCUT2D eigenvalue weighted by molar-refractivity contribution is -0.118. The molecule has 0 atom stereocenters. The quantitative estimate of drug-likeness (QED) is 0.479. The van der Waals surface area contributed by atoms with E-state index in [0.29, 0.717) is 33.3 Å². The third kappa shape index (κ3) is 6.71. The SMILES string of the molecule is CS(=O)(=O)N(Cc1ccccc1Cl)c1ccc(OCC(=O)Nc2ccc(C(N)=O)cc2)cc1. The van der Waals surface area contributed by atoms with Gasteiger partial charge in [-0.1, -0.05) is 29.8 Å². The molecule has 0 fully saturated rings. The van der Waals surface area contributed by atoms with Crippen molar-refractivity contribution in [2.75, 3.05) is 22.5 Å². The lowest BCUT2D eigenvalue weighted by Gasteiger charge is -2.23. The van der Waals surface area contributed by atoms with Crippen molar-refractivity contribution in [3.63, 3.8) is 0 Å². The number of nitrogens with two attached hydrogens (primary N) is 1. The zero-order valence-corrected chi connectivity index (χ0v) is 19.3. The lowest BCUT2D eigenvalue weighted by atomic mass is 10.2. The maximum absolute atomic E-state index is 12.4. The van der Waals surface area contributed by atoms with E-state index in [4.69, 9.17) is 22.1 Å². The summed E-state index contributed by atoms with van der Waals surface area (Å²) in [5.41, 5.74) is 7.12. The van der Waals surface area contributed by atoms with Gasteiger partial charge in [-0.05, 0) is 60.2 Å². The monoisotopic (exact) mass is 487 g/mol. The highest BCUT2D eigenvalue weighted by molar-refractivity contribution is 7.92. The van der Waals surface area contributed by atoms with Crippen LogP contribution in [0.2, 0.25) is 5.02 Å². The molecular formula is C23H22ClN3O5S. The van der Waals surface area contributed by atoms with Crippen LogP contribution in [0.25, 0.3) is 0 Å². The van der Waals surface area contributed by atoms with Crippen molar-refractivity contribution in [1.29, 1.82) is 0 Å². The van der Waals surface area contributed by atoms with E-state index in [1.807, 2.05) is 0 Å². The van der Waals surface area contributed by atoms with Crippen molar-refractivity contribution in [3.8, 4) is 5.75 Å². The number of sulfonamides is 1. The van der Waals surface area contributed by atoms with Crippen LogP contribution in [0.5, 0.6) is 5.75 Å². The Morgan fingerprint density at radius 1 is 1.00 bits per heavy atom. The standard InChI is InChI=1S/C23H22ClN3O5S/c1-33(30,31)27(14-17-4-2-3-5-21(17)24)19-10-12-20(13-11-19)32-15-22(28)26-18-8-6-16(7-9-18)23(25)29/h2-13H,14-15H2,1H3,(H2,25,29)(H,26,28). The van der Waals surface area contributed by atoms with Gasteiger partial charge in [-0.25, -0.2) is 8.42 Å². The lowest BCUT2D eigenvalue weighted by Crippen LogP contribution is -2.29. The Balaban J connectivity index is 1.62. The predicted octanol–water partition coefficient (Wildman–Crippen LogP) is 3.42. The molecule has 0 aliphatic carbocycles. The van der Waals surface area contributed by atoms with Crippen molar-refractivity contribution >= 4 is 44.8 Å². The van der Waals surface area contributed by atoms with Crippen LogP contribution in [0.3, 0.4) is 0 Å². The van der Waals surface area contributed by atoms with E-state index in [1.165, 1.54) is 16.4 Å². The molecule has 3 aromatic carbocycles. The Bertz CT molecular complexity index is 1250. The molecule has 0 saturated heterocycles. The van der Waals surface area contributed by atoms with E-state index >= 15 is 0 Å². The molecule has 0 bridgehead atoms. The normalized spacial score (nSPS) is 11.0. The second kappa shape index (κ2) is 10.4. The summed E-state index contributed by atoms with van der Waals surface area (Å²) < 4.78 is 31.4. The van der Waals surface area contributed by atoms with Crippen molar-refractivity contribution < 1.29 is 22.7 Å². The molecular weight excluding hydrogens is 466 g/mol. The number of anilines is 2. The van der Waals surface area contributed by atoms with Gasteiger partial charge < -0.3 is 15.8 Å². The Morgan fingerprint density at radius 2 is 1.64 bits per heavy atom. The molecule has 0 spiro atoms. The molecule has 172 valence electrons. The number of primary amides is 1. The van der Waals surface area contributed by atoms with Gasteiger partial charge in [-0.3, -0.25) is 13.9 Å². The zero-order chi connectivity index (χ0) is 24.0. The molecule has 33 heavy (non-hydrogen) atoms. The van der Waals surface area contributed by atoms with E-state index in [0.717, 1.165) is 6.26 Å². The van der Waals surface area contributed by atoms with Crippen LogP contribution in [0.4, 0.5) is 11.4 Å². The number of hydrogen-bond acceptors (Lipinski definition) is 5. The number of benzene rings is 3. The summed E-state index contributed by atoms with van der Waals surface area (Å²) in [7, 11) is -3.57. The van der Waals surface area contributed by atoms with Gasteiger partial charge in [-0.2, -0.15) is 0 Å². The fourth-order valence-electron chi connectivity index (χ4n) is 2.95. The number of ether oxygens (including phenoxy) is 1. The first kappa shape index (κ1) is 24.1. The van der Waals surface area contributed by atoms with Gasteiger partial charge in [0.2, 0.25) is 15.9 Å². The highest BCUT2D eigenvalue weighted by Gasteiger charge is 2.19. The van der Waals surface area contributed by atoms with Gasteiger partial charge in [0.25, 0.3) is 5.91 Å². The molecule has 0 aliphatic rings. The average Bonchev–Trinajstić information content (AvgIpc) is 2.77. The predicted molar refractivity (Wildman–Crippen MR) is 128 cm³/mol. The minimum absolute atomic E-state index is 0.0790. The first-order valence-corrected chi connectivity index (χ1v) is 12.0. The van der Waals surface area contributed by atoms with Crippen LogP contribution in [0.1, 0.15) is 15.9 Å². The van der Waals surface area contributed by atoms with Crippen LogP contribution in [-0.4, -0.2) is 33.1 Å². The zero-order valence-electron chi connectivity index (χ0n) is 17.7. The molecule has 0 aromatic heterocycles. The maximum atomic E-state index is 12.4. The van der Waals surface area contributed by atoms with E-state index < -0.39 is 21.8 Å². The van der Waals surface area contributed by atoms with Gasteiger partial charge in [-0.15, -0.1) is 0 Å². The summed E-state index contributed by atoms with van der Waals surface area (Å²) in [5.74, 6) is -0.562.